The van der Waals surface area contributed by atoms with Crippen LogP contribution in [0.15, 0.2) is 158 Å². The van der Waals surface area contributed by atoms with Crippen LogP contribution in [0.1, 0.15) is 76.6 Å². The highest BCUT2D eigenvalue weighted by atomic mass is 35.5. The molecule has 12 heteroatoms. The number of ether oxygens (including phenoxy) is 3. The summed E-state index contributed by atoms with van der Waals surface area (Å²) in [6.07, 6.45) is 7.33. The molecule has 0 saturated carbocycles. The Morgan fingerprint density at radius 2 is 1.04 bits per heavy atom. The van der Waals surface area contributed by atoms with Crippen LogP contribution in [-0.2, 0) is 41.6 Å². The van der Waals surface area contributed by atoms with Crippen molar-refractivity contribution in [2.24, 2.45) is 14.1 Å². The normalized spacial score (nSPS) is 11.8. The Hall–Kier alpha value is -7.14. The Labute approximate surface area is 407 Å². The number of aliphatic carboxylic acids is 1. The Morgan fingerprint density at radius 3 is 1.43 bits per heavy atom. The molecule has 0 aliphatic carbocycles. The number of imidazole rings is 2. The molecule has 2 heterocycles. The highest BCUT2D eigenvalue weighted by molar-refractivity contribution is 6.31. The van der Waals surface area contributed by atoms with Crippen molar-refractivity contribution < 1.29 is 28.9 Å². The lowest BCUT2D eigenvalue weighted by Crippen LogP contribution is -2.15. The van der Waals surface area contributed by atoms with Crippen LogP contribution < -0.4 is 9.47 Å². The van der Waals surface area contributed by atoms with Gasteiger partial charge in [0.25, 0.3) is 0 Å². The number of benzene rings is 6. The van der Waals surface area contributed by atoms with Crippen molar-refractivity contribution in [2.75, 3.05) is 6.61 Å². The van der Waals surface area contributed by atoms with E-state index in [9.17, 15) is 14.7 Å². The fourth-order valence-electron chi connectivity index (χ4n) is 8.19. The van der Waals surface area contributed by atoms with Gasteiger partial charge in [0, 0.05) is 48.9 Å². The molecule has 0 aliphatic rings. The first-order chi connectivity index (χ1) is 32.8. The molecule has 0 bridgehead atoms. The molecule has 10 nitrogen and oxygen atoms in total. The van der Waals surface area contributed by atoms with E-state index < -0.39 is 5.97 Å². The zero-order valence-corrected chi connectivity index (χ0v) is 40.2. The van der Waals surface area contributed by atoms with E-state index in [1.165, 1.54) is 0 Å². The predicted molar refractivity (Wildman–Crippen MR) is 268 cm³/mol. The van der Waals surface area contributed by atoms with E-state index >= 15 is 0 Å². The van der Waals surface area contributed by atoms with Crippen molar-refractivity contribution >= 4 is 35.1 Å². The van der Waals surface area contributed by atoms with Crippen LogP contribution >= 0.6 is 23.2 Å². The third-order valence-electron chi connectivity index (χ3n) is 11.6. The number of halogens is 2. The fraction of sp³-hybridized carbons (Fsp3) is 0.214. The van der Waals surface area contributed by atoms with Gasteiger partial charge in [-0.15, -0.1) is 0 Å². The molecular formula is C56H54Cl2N4O6. The standard InChI is InChI=1S/C29H29ClN2O3.C27H25ClN2O3/c1-4-34-28(33)18-27(29-31-14-15-32(29)3)22-8-11-25(12-9-22)35-19-21-6-5-7-23(17-21)26-13-10-24(30)16-20(26)2;1-18-14-22(28)8-11-24(18)21-5-3-4-19(15-21)17-33-23-9-6-20(7-10-23)25(16-26(31)32)27-29-12-13-30(27)2/h5-17,27H,4,18-19H2,1-3H3;3-15,25H,16-17H2,1-2H3,(H,31,32)/t27-;25-/m00/s1. The monoisotopic (exact) mass is 948 g/mol. The molecule has 1 N–H and O–H groups in total. The summed E-state index contributed by atoms with van der Waals surface area (Å²) in [5.74, 6) is 1.41. The number of nitrogens with zero attached hydrogens (tertiary/aromatic N) is 4. The van der Waals surface area contributed by atoms with Gasteiger partial charge >= 0.3 is 11.9 Å². The summed E-state index contributed by atoms with van der Waals surface area (Å²) in [6, 6.07) is 43.8. The molecule has 68 heavy (non-hydrogen) atoms. The minimum atomic E-state index is -0.862. The van der Waals surface area contributed by atoms with Gasteiger partial charge in [-0.2, -0.15) is 0 Å². The van der Waals surface area contributed by atoms with Crippen LogP contribution in [0.2, 0.25) is 10.0 Å². The number of hydrogen-bond acceptors (Lipinski definition) is 7. The van der Waals surface area contributed by atoms with E-state index in [0.29, 0.717) is 19.8 Å². The van der Waals surface area contributed by atoms with E-state index in [1.54, 1.807) is 12.4 Å². The lowest BCUT2D eigenvalue weighted by Gasteiger charge is -2.17. The lowest BCUT2D eigenvalue weighted by atomic mass is 9.94. The number of carboxylic acid groups (broad SMARTS) is 1. The van der Waals surface area contributed by atoms with Crippen molar-refractivity contribution in [2.45, 2.75) is 58.7 Å². The SMILES string of the molecule is CCOC(=O)C[C@@H](c1ccc(OCc2cccc(-c3ccc(Cl)cc3C)c2)cc1)c1nccn1C.Cc1cc(Cl)ccc1-c1cccc(COc2ccc([C@H](CC(=O)O)c3nccn3C)cc2)c1. The number of carboxylic acids is 1. The van der Waals surface area contributed by atoms with Gasteiger partial charge in [-0.25, -0.2) is 9.97 Å². The molecule has 8 aromatic rings. The van der Waals surface area contributed by atoms with Crippen LogP contribution in [0.5, 0.6) is 11.5 Å². The summed E-state index contributed by atoms with van der Waals surface area (Å²) in [5, 5.41) is 10.8. The summed E-state index contributed by atoms with van der Waals surface area (Å²) in [4.78, 5) is 32.5. The number of aromatic nitrogens is 4. The number of hydrogen-bond donors (Lipinski definition) is 1. The lowest BCUT2D eigenvalue weighted by molar-refractivity contribution is -0.143. The minimum Gasteiger partial charge on any atom is -0.489 e. The van der Waals surface area contributed by atoms with E-state index in [0.717, 1.165) is 88.8 Å². The third kappa shape index (κ3) is 12.8. The first-order valence-corrected chi connectivity index (χ1v) is 23.1. The van der Waals surface area contributed by atoms with Crippen molar-refractivity contribution in [1.29, 1.82) is 0 Å². The maximum atomic E-state index is 12.2. The summed E-state index contributed by atoms with van der Waals surface area (Å²) in [5.41, 5.74) is 10.8. The molecule has 0 radical (unpaired) electrons. The summed E-state index contributed by atoms with van der Waals surface area (Å²) >= 11 is 12.2. The molecule has 0 spiro atoms. The average molecular weight is 950 g/mol. The fourth-order valence-corrected chi connectivity index (χ4v) is 8.64. The highest BCUT2D eigenvalue weighted by Crippen LogP contribution is 2.32. The van der Waals surface area contributed by atoms with Crippen molar-refractivity contribution in [3.8, 4) is 33.8 Å². The molecular weight excluding hydrogens is 896 g/mol. The second-order valence-corrected chi connectivity index (χ2v) is 17.4. The van der Waals surface area contributed by atoms with Gasteiger partial charge in [0.1, 0.15) is 36.4 Å². The zero-order chi connectivity index (χ0) is 48.2. The third-order valence-corrected chi connectivity index (χ3v) is 12.1. The molecule has 0 saturated heterocycles. The van der Waals surface area contributed by atoms with Gasteiger partial charge in [-0.1, -0.05) is 96.0 Å². The van der Waals surface area contributed by atoms with Crippen LogP contribution in [-0.4, -0.2) is 42.8 Å². The van der Waals surface area contributed by atoms with E-state index in [2.05, 4.69) is 54.1 Å². The Balaban J connectivity index is 0.000000202. The van der Waals surface area contributed by atoms with Gasteiger partial charge < -0.3 is 28.5 Å². The summed E-state index contributed by atoms with van der Waals surface area (Å²) in [7, 11) is 3.80. The summed E-state index contributed by atoms with van der Waals surface area (Å²) in [6.45, 7) is 7.16. The molecule has 6 aromatic carbocycles. The number of aryl methyl sites for hydroxylation is 4. The quantitative estimate of drug-likeness (QED) is 0.0897. The van der Waals surface area contributed by atoms with Crippen LogP contribution in [0.3, 0.4) is 0 Å². The molecule has 0 amide bonds. The number of carbonyl (C=O) groups is 2. The smallest absolute Gasteiger partial charge is 0.306 e. The Kier molecular flexibility index (Phi) is 16.5. The number of esters is 1. The van der Waals surface area contributed by atoms with E-state index in [-0.39, 0.29) is 30.6 Å². The Bertz CT molecular complexity index is 2960. The average Bonchev–Trinajstić information content (AvgIpc) is 3.96. The molecule has 348 valence electrons. The minimum absolute atomic E-state index is 0.0258. The topological polar surface area (TPSA) is 118 Å². The van der Waals surface area contributed by atoms with Gasteiger partial charge in [0.05, 0.1) is 31.3 Å². The van der Waals surface area contributed by atoms with Gasteiger partial charge in [-0.3, -0.25) is 9.59 Å². The van der Waals surface area contributed by atoms with Crippen LogP contribution in [0.25, 0.3) is 22.3 Å². The van der Waals surface area contributed by atoms with Crippen LogP contribution in [0, 0.1) is 13.8 Å². The van der Waals surface area contributed by atoms with Crippen molar-refractivity contribution in [3.05, 3.63) is 213 Å². The molecule has 2 aromatic heterocycles. The Morgan fingerprint density at radius 1 is 0.603 bits per heavy atom. The molecule has 8 rings (SSSR count). The molecule has 0 fully saturated rings. The highest BCUT2D eigenvalue weighted by Gasteiger charge is 2.24. The second kappa shape index (κ2) is 23.0. The number of carbonyl (C=O) groups excluding carboxylic acids is 1. The molecule has 0 unspecified atom stereocenters. The number of rotatable bonds is 17. The van der Waals surface area contributed by atoms with Gasteiger partial charge in [0.15, 0.2) is 0 Å². The van der Waals surface area contributed by atoms with Gasteiger partial charge in [0.2, 0.25) is 0 Å². The first kappa shape index (κ1) is 48.8. The summed E-state index contributed by atoms with van der Waals surface area (Å²) < 4.78 is 21.1. The zero-order valence-electron chi connectivity index (χ0n) is 38.7. The largest absolute Gasteiger partial charge is 0.489 e. The van der Waals surface area contributed by atoms with Crippen molar-refractivity contribution in [3.63, 3.8) is 0 Å². The van der Waals surface area contributed by atoms with Crippen LogP contribution in [0.4, 0.5) is 0 Å². The molecule has 0 aliphatic heterocycles. The maximum Gasteiger partial charge on any atom is 0.306 e. The predicted octanol–water partition coefficient (Wildman–Crippen LogP) is 12.9. The molecule has 2 atom stereocenters. The van der Waals surface area contributed by atoms with E-state index in [4.69, 9.17) is 37.4 Å². The van der Waals surface area contributed by atoms with E-state index in [1.807, 2.05) is 146 Å². The first-order valence-electron chi connectivity index (χ1n) is 22.3. The second-order valence-electron chi connectivity index (χ2n) is 16.5. The maximum absolute atomic E-state index is 12.2. The van der Waals surface area contributed by atoms with Crippen molar-refractivity contribution in [1.82, 2.24) is 19.1 Å². The van der Waals surface area contributed by atoms with Gasteiger partial charge in [-0.05, 0) is 137 Å².